The minimum absolute atomic E-state index is 0.108. The first-order chi connectivity index (χ1) is 11.4. The SMILES string of the molecule is c1csc(C2(c3nnc4cnc5c(n34)CCN5)CCOCC2)c1. The summed E-state index contributed by atoms with van der Waals surface area (Å²) in [4.78, 5) is 5.83. The standard InChI is InChI=1S/C16H17N5OS/c1-2-12(23-9-1)16(4-7-22-8-5-16)15-20-19-13-10-18-14-11(21(13)15)3-6-17-14/h1-2,9-10,17H,3-8H2. The van der Waals surface area contributed by atoms with Gasteiger partial charge in [-0.05, 0) is 24.3 Å². The van der Waals surface area contributed by atoms with E-state index in [0.717, 1.165) is 56.3 Å². The third-order valence-electron chi connectivity index (χ3n) is 4.96. The molecule has 6 nitrogen and oxygen atoms in total. The summed E-state index contributed by atoms with van der Waals surface area (Å²) in [5.41, 5.74) is 1.93. The lowest BCUT2D eigenvalue weighted by Crippen LogP contribution is -2.36. The smallest absolute Gasteiger partial charge is 0.179 e. The molecular weight excluding hydrogens is 310 g/mol. The van der Waals surface area contributed by atoms with Crippen LogP contribution in [0.3, 0.4) is 0 Å². The van der Waals surface area contributed by atoms with Gasteiger partial charge in [-0.25, -0.2) is 4.98 Å². The Kier molecular flexibility index (Phi) is 2.93. The van der Waals surface area contributed by atoms with Gasteiger partial charge >= 0.3 is 0 Å². The second-order valence-corrected chi connectivity index (χ2v) is 7.07. The summed E-state index contributed by atoms with van der Waals surface area (Å²) in [6, 6.07) is 4.34. The monoisotopic (exact) mass is 327 g/mol. The molecule has 0 spiro atoms. The highest BCUT2D eigenvalue weighted by Gasteiger charge is 2.42. The van der Waals surface area contributed by atoms with Crippen molar-refractivity contribution in [3.63, 3.8) is 0 Å². The molecular formula is C16H17N5OS. The zero-order valence-corrected chi connectivity index (χ0v) is 13.5. The molecule has 5 heterocycles. The average molecular weight is 327 g/mol. The van der Waals surface area contributed by atoms with Crippen molar-refractivity contribution >= 4 is 22.8 Å². The van der Waals surface area contributed by atoms with Crippen molar-refractivity contribution in [2.24, 2.45) is 0 Å². The zero-order valence-electron chi connectivity index (χ0n) is 12.7. The predicted molar refractivity (Wildman–Crippen MR) is 88.1 cm³/mol. The number of fused-ring (bicyclic) bond motifs is 3. The Morgan fingerprint density at radius 2 is 2.17 bits per heavy atom. The van der Waals surface area contributed by atoms with Gasteiger partial charge in [0, 0.05) is 31.1 Å². The lowest BCUT2D eigenvalue weighted by Gasteiger charge is -2.35. The topological polar surface area (TPSA) is 64.3 Å². The summed E-state index contributed by atoms with van der Waals surface area (Å²) >= 11 is 1.80. The van der Waals surface area contributed by atoms with Crippen LogP contribution in [0.15, 0.2) is 23.7 Å². The minimum atomic E-state index is -0.108. The van der Waals surface area contributed by atoms with Crippen LogP contribution in [0.1, 0.15) is 29.2 Å². The van der Waals surface area contributed by atoms with Crippen molar-refractivity contribution in [1.29, 1.82) is 0 Å². The molecule has 3 aromatic rings. The van der Waals surface area contributed by atoms with Gasteiger partial charge in [0.05, 0.1) is 17.3 Å². The Balaban J connectivity index is 1.79. The molecule has 5 rings (SSSR count). The van der Waals surface area contributed by atoms with E-state index in [4.69, 9.17) is 4.74 Å². The molecule has 3 aromatic heterocycles. The highest BCUT2D eigenvalue weighted by molar-refractivity contribution is 7.10. The van der Waals surface area contributed by atoms with E-state index >= 15 is 0 Å². The average Bonchev–Trinajstić information content (AvgIpc) is 3.33. The second-order valence-electron chi connectivity index (χ2n) is 6.12. The summed E-state index contributed by atoms with van der Waals surface area (Å²) in [6.45, 7) is 2.45. The second kappa shape index (κ2) is 5.01. The fourth-order valence-electron chi connectivity index (χ4n) is 3.79. The fourth-order valence-corrected chi connectivity index (χ4v) is 4.77. The van der Waals surface area contributed by atoms with Gasteiger partial charge in [-0.3, -0.25) is 4.40 Å². The first-order valence-corrected chi connectivity index (χ1v) is 8.85. The Morgan fingerprint density at radius 3 is 3.00 bits per heavy atom. The largest absolute Gasteiger partial charge is 0.381 e. The van der Waals surface area contributed by atoms with Crippen LogP contribution in [0.5, 0.6) is 0 Å². The third-order valence-corrected chi connectivity index (χ3v) is 6.04. The summed E-state index contributed by atoms with van der Waals surface area (Å²) in [5, 5.41) is 14.5. The molecule has 23 heavy (non-hydrogen) atoms. The van der Waals surface area contributed by atoms with Crippen molar-refractivity contribution in [1.82, 2.24) is 19.6 Å². The zero-order chi connectivity index (χ0) is 15.3. The first kappa shape index (κ1) is 13.4. The quantitative estimate of drug-likeness (QED) is 0.782. The van der Waals surface area contributed by atoms with Gasteiger partial charge in [0.25, 0.3) is 0 Å². The highest BCUT2D eigenvalue weighted by atomic mass is 32.1. The molecule has 0 aromatic carbocycles. The van der Waals surface area contributed by atoms with E-state index in [1.165, 1.54) is 10.6 Å². The number of hydrogen-bond donors (Lipinski definition) is 1. The lowest BCUT2D eigenvalue weighted by molar-refractivity contribution is 0.0612. The number of rotatable bonds is 2. The van der Waals surface area contributed by atoms with Gasteiger partial charge in [-0.2, -0.15) is 0 Å². The van der Waals surface area contributed by atoms with E-state index < -0.39 is 0 Å². The number of hydrogen-bond acceptors (Lipinski definition) is 6. The van der Waals surface area contributed by atoms with Crippen molar-refractivity contribution in [3.05, 3.63) is 40.1 Å². The van der Waals surface area contributed by atoms with E-state index in [2.05, 4.69) is 42.4 Å². The van der Waals surface area contributed by atoms with Crippen LogP contribution in [0.2, 0.25) is 0 Å². The lowest BCUT2D eigenvalue weighted by atomic mass is 9.78. The van der Waals surface area contributed by atoms with Crippen LogP contribution in [0.25, 0.3) is 5.65 Å². The van der Waals surface area contributed by atoms with E-state index in [1.54, 1.807) is 11.3 Å². The molecule has 0 amide bonds. The maximum absolute atomic E-state index is 5.65. The number of thiophene rings is 1. The van der Waals surface area contributed by atoms with Crippen molar-refractivity contribution in [2.45, 2.75) is 24.7 Å². The summed E-state index contributed by atoms with van der Waals surface area (Å²) in [7, 11) is 0. The predicted octanol–water partition coefficient (Wildman–Crippen LogP) is 2.25. The van der Waals surface area contributed by atoms with Gasteiger partial charge in [0.1, 0.15) is 11.6 Å². The number of aromatic nitrogens is 4. The summed E-state index contributed by atoms with van der Waals surface area (Å²) < 4.78 is 7.88. The molecule has 2 aliphatic rings. The fraction of sp³-hybridized carbons (Fsp3) is 0.438. The van der Waals surface area contributed by atoms with Crippen LogP contribution in [-0.4, -0.2) is 39.3 Å². The molecule has 118 valence electrons. The number of nitrogens with one attached hydrogen (secondary N) is 1. The van der Waals surface area contributed by atoms with Crippen LogP contribution in [0.4, 0.5) is 5.82 Å². The molecule has 1 saturated heterocycles. The van der Waals surface area contributed by atoms with Crippen LogP contribution in [-0.2, 0) is 16.6 Å². The Labute approximate surface area is 137 Å². The minimum Gasteiger partial charge on any atom is -0.381 e. The molecule has 0 aliphatic carbocycles. The number of anilines is 1. The number of ether oxygens (including phenoxy) is 1. The van der Waals surface area contributed by atoms with Gasteiger partial charge < -0.3 is 10.1 Å². The molecule has 2 aliphatic heterocycles. The molecule has 0 atom stereocenters. The van der Waals surface area contributed by atoms with Crippen LogP contribution >= 0.6 is 11.3 Å². The molecule has 1 fully saturated rings. The maximum atomic E-state index is 5.65. The summed E-state index contributed by atoms with van der Waals surface area (Å²) in [6.07, 6.45) is 4.66. The molecule has 0 saturated carbocycles. The normalized spacial score (nSPS) is 19.7. The van der Waals surface area contributed by atoms with E-state index in [0.29, 0.717) is 0 Å². The molecule has 0 unspecified atom stereocenters. The van der Waals surface area contributed by atoms with Crippen molar-refractivity contribution < 1.29 is 4.74 Å². The van der Waals surface area contributed by atoms with Gasteiger partial charge in [0.15, 0.2) is 5.65 Å². The molecule has 0 bridgehead atoms. The van der Waals surface area contributed by atoms with Crippen molar-refractivity contribution in [2.75, 3.05) is 25.1 Å². The Hall–Kier alpha value is -1.99. The van der Waals surface area contributed by atoms with Gasteiger partial charge in [-0.1, -0.05) is 6.07 Å². The van der Waals surface area contributed by atoms with Crippen molar-refractivity contribution in [3.8, 4) is 0 Å². The summed E-state index contributed by atoms with van der Waals surface area (Å²) in [5.74, 6) is 2.01. The van der Waals surface area contributed by atoms with Gasteiger partial charge in [0.2, 0.25) is 0 Å². The van der Waals surface area contributed by atoms with Crippen LogP contribution in [0, 0.1) is 0 Å². The van der Waals surface area contributed by atoms with E-state index in [9.17, 15) is 0 Å². The van der Waals surface area contributed by atoms with E-state index in [1.807, 2.05) is 6.20 Å². The Bertz CT molecular complexity index is 851. The number of nitrogens with zero attached hydrogens (tertiary/aromatic N) is 4. The third kappa shape index (κ3) is 1.86. The first-order valence-electron chi connectivity index (χ1n) is 7.98. The molecule has 7 heteroatoms. The molecule has 0 radical (unpaired) electrons. The highest BCUT2D eigenvalue weighted by Crippen LogP contribution is 2.43. The van der Waals surface area contributed by atoms with Gasteiger partial charge in [-0.15, -0.1) is 21.5 Å². The van der Waals surface area contributed by atoms with E-state index in [-0.39, 0.29) is 5.41 Å². The Morgan fingerprint density at radius 1 is 1.26 bits per heavy atom. The molecule has 1 N–H and O–H groups in total. The van der Waals surface area contributed by atoms with Crippen LogP contribution < -0.4 is 5.32 Å². The maximum Gasteiger partial charge on any atom is 0.179 e.